The molecule has 1 fully saturated rings. The van der Waals surface area contributed by atoms with Crippen molar-refractivity contribution in [1.82, 2.24) is 20.0 Å². The van der Waals surface area contributed by atoms with Gasteiger partial charge in [0.15, 0.2) is 0 Å². The molecule has 2 amide bonds. The van der Waals surface area contributed by atoms with Crippen LogP contribution < -0.4 is 0 Å². The number of carbonyl (C=O) groups excluding carboxylic acids is 2. The average Bonchev–Trinajstić information content (AvgIpc) is 2.89. The number of nitrogens with zero attached hydrogens (tertiary/aromatic N) is 4. The minimum atomic E-state index is 0.00742. The first kappa shape index (κ1) is 15.5. The molecular weight excluding hydrogens is 272 g/mol. The van der Waals surface area contributed by atoms with Gasteiger partial charge in [-0.2, -0.15) is 0 Å². The molecule has 116 valence electrons. The van der Waals surface area contributed by atoms with Crippen molar-refractivity contribution < 1.29 is 14.0 Å². The number of hydrogen-bond donors (Lipinski definition) is 0. The van der Waals surface area contributed by atoms with E-state index >= 15 is 0 Å². The van der Waals surface area contributed by atoms with Crippen LogP contribution in [-0.4, -0.2) is 58.0 Å². The Morgan fingerprint density at radius 2 is 1.76 bits per heavy atom. The zero-order chi connectivity index (χ0) is 15.4. The highest BCUT2D eigenvalue weighted by Crippen LogP contribution is 2.09. The largest absolute Gasteiger partial charge is 0.426 e. The van der Waals surface area contributed by atoms with Crippen molar-refractivity contribution in [1.29, 1.82) is 0 Å². The van der Waals surface area contributed by atoms with Crippen molar-refractivity contribution in [2.45, 2.75) is 33.6 Å². The Kier molecular flexibility index (Phi) is 4.93. The first-order valence-electron chi connectivity index (χ1n) is 7.33. The van der Waals surface area contributed by atoms with E-state index in [9.17, 15) is 9.59 Å². The number of amides is 2. The minimum Gasteiger partial charge on any atom is -0.426 e. The van der Waals surface area contributed by atoms with Gasteiger partial charge in [0, 0.05) is 51.9 Å². The first-order chi connectivity index (χ1) is 9.97. The molecule has 0 unspecified atom stereocenters. The fourth-order valence-corrected chi connectivity index (χ4v) is 2.35. The van der Waals surface area contributed by atoms with Crippen LogP contribution in [0.4, 0.5) is 0 Å². The molecule has 0 aliphatic carbocycles. The number of carbonyl (C=O) groups is 2. The molecule has 1 aromatic heterocycles. The number of rotatable bonds is 4. The summed E-state index contributed by atoms with van der Waals surface area (Å²) in [5.74, 6) is 1.24. The van der Waals surface area contributed by atoms with Gasteiger partial charge in [-0.15, -0.1) is 10.2 Å². The average molecular weight is 294 g/mol. The fraction of sp³-hybridized carbons (Fsp3) is 0.714. The summed E-state index contributed by atoms with van der Waals surface area (Å²) in [5, 5.41) is 7.61. The number of piperazine rings is 1. The third-order valence-corrected chi connectivity index (χ3v) is 3.56. The van der Waals surface area contributed by atoms with E-state index in [4.69, 9.17) is 4.42 Å². The molecule has 0 saturated carbocycles. The molecule has 2 rings (SSSR count). The standard InChI is InChI=1S/C14H22N4O3/c1-10(2)14(20)18-8-6-17(7-9-18)13(19)5-4-12-16-15-11(3)21-12/h10H,4-9H2,1-3H3. The monoisotopic (exact) mass is 294 g/mol. The first-order valence-corrected chi connectivity index (χ1v) is 7.33. The van der Waals surface area contributed by atoms with E-state index in [0.717, 1.165) is 0 Å². The lowest BCUT2D eigenvalue weighted by Crippen LogP contribution is -2.51. The van der Waals surface area contributed by atoms with E-state index in [2.05, 4.69) is 10.2 Å². The molecule has 1 aromatic rings. The van der Waals surface area contributed by atoms with Gasteiger partial charge in [-0.05, 0) is 0 Å². The zero-order valence-corrected chi connectivity index (χ0v) is 12.8. The molecule has 0 atom stereocenters. The van der Waals surface area contributed by atoms with Crippen LogP contribution in [0.25, 0.3) is 0 Å². The summed E-state index contributed by atoms with van der Waals surface area (Å²) in [6.07, 6.45) is 0.824. The molecule has 1 aliphatic rings. The lowest BCUT2D eigenvalue weighted by molar-refractivity contribution is -0.141. The zero-order valence-electron chi connectivity index (χ0n) is 12.8. The summed E-state index contributed by atoms with van der Waals surface area (Å²) in [4.78, 5) is 27.6. The second-order valence-electron chi connectivity index (χ2n) is 5.58. The Morgan fingerprint density at radius 1 is 1.14 bits per heavy atom. The predicted octanol–water partition coefficient (Wildman–Crippen LogP) is 0.637. The smallest absolute Gasteiger partial charge is 0.225 e. The molecule has 21 heavy (non-hydrogen) atoms. The molecule has 0 N–H and O–H groups in total. The van der Waals surface area contributed by atoms with Gasteiger partial charge >= 0.3 is 0 Å². The number of aryl methyl sites for hydroxylation is 2. The molecular formula is C14H22N4O3. The van der Waals surface area contributed by atoms with Crippen molar-refractivity contribution in [3.63, 3.8) is 0 Å². The Bertz CT molecular complexity index is 504. The topological polar surface area (TPSA) is 79.5 Å². The van der Waals surface area contributed by atoms with Crippen LogP contribution in [0.1, 0.15) is 32.0 Å². The third-order valence-electron chi connectivity index (χ3n) is 3.56. The molecule has 1 aliphatic heterocycles. The van der Waals surface area contributed by atoms with Crippen LogP contribution in [0.3, 0.4) is 0 Å². The fourth-order valence-electron chi connectivity index (χ4n) is 2.35. The lowest BCUT2D eigenvalue weighted by Gasteiger charge is -2.35. The summed E-state index contributed by atoms with van der Waals surface area (Å²) >= 11 is 0. The van der Waals surface area contributed by atoms with Crippen LogP contribution in [0.15, 0.2) is 4.42 Å². The van der Waals surface area contributed by atoms with Crippen LogP contribution >= 0.6 is 0 Å². The van der Waals surface area contributed by atoms with Gasteiger partial charge in [-0.25, -0.2) is 0 Å². The molecule has 7 nitrogen and oxygen atoms in total. The summed E-state index contributed by atoms with van der Waals surface area (Å²) in [6.45, 7) is 7.94. The second kappa shape index (κ2) is 6.69. The van der Waals surface area contributed by atoms with Crippen molar-refractivity contribution in [3.05, 3.63) is 11.8 Å². The molecule has 0 aromatic carbocycles. The Hall–Kier alpha value is -1.92. The molecule has 0 radical (unpaired) electrons. The maximum Gasteiger partial charge on any atom is 0.225 e. The summed E-state index contributed by atoms with van der Waals surface area (Å²) in [6, 6.07) is 0. The van der Waals surface area contributed by atoms with Crippen molar-refractivity contribution in [3.8, 4) is 0 Å². The van der Waals surface area contributed by atoms with Gasteiger partial charge in [-0.3, -0.25) is 9.59 Å². The van der Waals surface area contributed by atoms with E-state index < -0.39 is 0 Å². The lowest BCUT2D eigenvalue weighted by atomic mass is 10.1. The van der Waals surface area contributed by atoms with Crippen molar-refractivity contribution in [2.75, 3.05) is 26.2 Å². The molecule has 0 spiro atoms. The highest BCUT2D eigenvalue weighted by Gasteiger charge is 2.25. The Balaban J connectivity index is 1.76. The number of aromatic nitrogens is 2. The number of hydrogen-bond acceptors (Lipinski definition) is 5. The summed E-state index contributed by atoms with van der Waals surface area (Å²) in [5.41, 5.74) is 0. The van der Waals surface area contributed by atoms with Gasteiger partial charge in [0.25, 0.3) is 0 Å². The summed E-state index contributed by atoms with van der Waals surface area (Å²) in [7, 11) is 0. The SMILES string of the molecule is Cc1nnc(CCC(=O)N2CCN(C(=O)C(C)C)CC2)o1. The molecule has 1 saturated heterocycles. The highest BCUT2D eigenvalue weighted by atomic mass is 16.4. The summed E-state index contributed by atoms with van der Waals surface area (Å²) < 4.78 is 5.25. The van der Waals surface area contributed by atoms with Gasteiger partial charge in [-0.1, -0.05) is 13.8 Å². The molecule has 2 heterocycles. The van der Waals surface area contributed by atoms with Gasteiger partial charge in [0.05, 0.1) is 0 Å². The van der Waals surface area contributed by atoms with Gasteiger partial charge < -0.3 is 14.2 Å². The minimum absolute atomic E-state index is 0.00742. The van der Waals surface area contributed by atoms with Crippen LogP contribution in [0.2, 0.25) is 0 Å². The van der Waals surface area contributed by atoms with E-state index in [1.807, 2.05) is 18.7 Å². The third kappa shape index (κ3) is 4.03. The van der Waals surface area contributed by atoms with E-state index in [-0.39, 0.29) is 17.7 Å². The Morgan fingerprint density at radius 3 is 2.29 bits per heavy atom. The Labute approximate surface area is 124 Å². The maximum absolute atomic E-state index is 12.1. The van der Waals surface area contributed by atoms with E-state index in [1.165, 1.54) is 0 Å². The van der Waals surface area contributed by atoms with Crippen LogP contribution in [-0.2, 0) is 16.0 Å². The van der Waals surface area contributed by atoms with Crippen molar-refractivity contribution >= 4 is 11.8 Å². The normalized spacial score (nSPS) is 15.6. The molecule has 7 heteroatoms. The molecule has 0 bridgehead atoms. The predicted molar refractivity (Wildman–Crippen MR) is 75.4 cm³/mol. The highest BCUT2D eigenvalue weighted by molar-refractivity contribution is 5.79. The van der Waals surface area contributed by atoms with Gasteiger partial charge in [0.1, 0.15) is 0 Å². The van der Waals surface area contributed by atoms with E-state index in [0.29, 0.717) is 50.8 Å². The van der Waals surface area contributed by atoms with Crippen LogP contribution in [0.5, 0.6) is 0 Å². The quantitative estimate of drug-likeness (QED) is 0.814. The van der Waals surface area contributed by atoms with Crippen molar-refractivity contribution in [2.24, 2.45) is 5.92 Å². The second-order valence-corrected chi connectivity index (χ2v) is 5.58. The maximum atomic E-state index is 12.1. The van der Waals surface area contributed by atoms with E-state index in [1.54, 1.807) is 11.8 Å². The van der Waals surface area contributed by atoms with Crippen LogP contribution in [0, 0.1) is 12.8 Å². The van der Waals surface area contributed by atoms with Gasteiger partial charge in [0.2, 0.25) is 23.6 Å².